The molecular formula is C39H38N2O5S. The summed E-state index contributed by atoms with van der Waals surface area (Å²) in [6.07, 6.45) is 0.584. The average Bonchev–Trinajstić information content (AvgIpc) is 3.28. The smallest absolute Gasteiger partial charge is 0.339 e. The first-order valence-corrected chi connectivity index (χ1v) is 17.0. The zero-order valence-electron chi connectivity index (χ0n) is 26.9. The van der Waals surface area contributed by atoms with E-state index >= 15 is 0 Å². The molecule has 0 saturated heterocycles. The summed E-state index contributed by atoms with van der Waals surface area (Å²) in [4.78, 5) is 18.4. The molecule has 1 aromatic heterocycles. The van der Waals surface area contributed by atoms with E-state index in [4.69, 9.17) is 4.74 Å². The van der Waals surface area contributed by atoms with Crippen LogP contribution in [0.1, 0.15) is 43.4 Å². The van der Waals surface area contributed by atoms with E-state index in [1.54, 1.807) is 30.3 Å². The Morgan fingerprint density at radius 3 is 2.02 bits per heavy atom. The number of hydrogen-bond acceptors (Lipinski definition) is 6. The molecule has 5 aromatic rings. The molecule has 0 amide bonds. The molecule has 0 bridgehead atoms. The van der Waals surface area contributed by atoms with Gasteiger partial charge >= 0.3 is 5.97 Å². The van der Waals surface area contributed by atoms with Crippen molar-refractivity contribution in [2.75, 3.05) is 11.4 Å². The standard InChI is InChI=1S/C39H38N2O5S/c1-38(2,3)35(30-19-13-20-31(24-30)41(4)47(44,45)33-23-22-29-18-11-12-21-32(29)40-33)34-36(42)39(46-37(34)43,25-27-14-7-5-8-15-27)26-28-16-9-6-10-17-28/h5-24,35,42H,25-26H2,1-4H3. The van der Waals surface area contributed by atoms with E-state index in [-0.39, 0.29) is 16.4 Å². The van der Waals surface area contributed by atoms with E-state index in [0.29, 0.717) is 29.6 Å². The number of anilines is 1. The second kappa shape index (κ2) is 12.3. The van der Waals surface area contributed by atoms with Gasteiger partial charge in [-0.15, -0.1) is 0 Å². The van der Waals surface area contributed by atoms with Gasteiger partial charge in [0, 0.05) is 31.2 Å². The van der Waals surface area contributed by atoms with Gasteiger partial charge in [-0.3, -0.25) is 4.31 Å². The predicted molar refractivity (Wildman–Crippen MR) is 185 cm³/mol. The highest BCUT2D eigenvalue weighted by atomic mass is 32.2. The maximum Gasteiger partial charge on any atom is 0.339 e. The van der Waals surface area contributed by atoms with Gasteiger partial charge in [0.1, 0.15) is 5.76 Å². The first-order valence-electron chi connectivity index (χ1n) is 15.6. The zero-order chi connectivity index (χ0) is 33.4. The number of benzene rings is 4. The van der Waals surface area contributed by atoms with Gasteiger partial charge in [0.2, 0.25) is 0 Å². The summed E-state index contributed by atoms with van der Waals surface area (Å²) >= 11 is 0. The van der Waals surface area contributed by atoms with Gasteiger partial charge in [0.25, 0.3) is 10.0 Å². The summed E-state index contributed by atoms with van der Waals surface area (Å²) in [7, 11) is -2.53. The minimum atomic E-state index is -4.02. The lowest BCUT2D eigenvalue weighted by molar-refractivity contribution is -0.148. The number of aromatic nitrogens is 1. The van der Waals surface area contributed by atoms with Gasteiger partial charge in [0.15, 0.2) is 10.6 Å². The summed E-state index contributed by atoms with van der Waals surface area (Å²) in [6.45, 7) is 5.98. The van der Waals surface area contributed by atoms with Gasteiger partial charge < -0.3 is 9.84 Å². The molecule has 47 heavy (non-hydrogen) atoms. The molecule has 4 aromatic carbocycles. The summed E-state index contributed by atoms with van der Waals surface area (Å²) in [5.74, 6) is -1.29. The van der Waals surface area contributed by atoms with Crippen LogP contribution in [0.4, 0.5) is 5.69 Å². The van der Waals surface area contributed by atoms with Crippen LogP contribution in [0.15, 0.2) is 138 Å². The van der Waals surface area contributed by atoms with Gasteiger partial charge in [-0.1, -0.05) is 112 Å². The first kappa shape index (κ1) is 32.0. The molecule has 1 N–H and O–H groups in total. The number of carbonyl (C=O) groups excluding carboxylic acids is 1. The van der Waals surface area contributed by atoms with Gasteiger partial charge in [-0.05, 0) is 52.4 Å². The number of cyclic esters (lactones) is 1. The molecule has 1 aliphatic rings. The van der Waals surface area contributed by atoms with Crippen LogP contribution < -0.4 is 4.31 Å². The predicted octanol–water partition coefficient (Wildman–Crippen LogP) is 7.78. The van der Waals surface area contributed by atoms with Crippen LogP contribution in [0, 0.1) is 5.41 Å². The molecule has 240 valence electrons. The van der Waals surface area contributed by atoms with E-state index in [1.165, 1.54) is 17.4 Å². The Bertz CT molecular complexity index is 2030. The topological polar surface area (TPSA) is 96.8 Å². The maximum absolute atomic E-state index is 14.0. The molecule has 0 aliphatic carbocycles. The highest BCUT2D eigenvalue weighted by Gasteiger charge is 2.52. The Balaban J connectivity index is 1.42. The normalized spacial score (nSPS) is 15.4. The van der Waals surface area contributed by atoms with Crippen LogP contribution in [-0.4, -0.2) is 37.1 Å². The summed E-state index contributed by atoms with van der Waals surface area (Å²) < 4.78 is 35.0. The Labute approximate surface area is 276 Å². The molecule has 0 saturated carbocycles. The van der Waals surface area contributed by atoms with Crippen molar-refractivity contribution in [1.29, 1.82) is 0 Å². The fraction of sp³-hybridized carbons (Fsp3) is 0.231. The van der Waals surface area contributed by atoms with Crippen LogP contribution >= 0.6 is 0 Å². The van der Waals surface area contributed by atoms with Crippen LogP contribution in [0.3, 0.4) is 0 Å². The Hall–Kier alpha value is -4.95. The Morgan fingerprint density at radius 2 is 1.40 bits per heavy atom. The molecular weight excluding hydrogens is 609 g/mol. The van der Waals surface area contributed by atoms with Gasteiger partial charge in [-0.25, -0.2) is 9.78 Å². The molecule has 2 heterocycles. The number of hydrogen-bond donors (Lipinski definition) is 1. The summed E-state index contributed by atoms with van der Waals surface area (Å²) in [6, 6.07) is 37.0. The van der Waals surface area contributed by atoms with Gasteiger partial charge in [-0.2, -0.15) is 8.42 Å². The fourth-order valence-electron chi connectivity index (χ4n) is 6.50. The maximum atomic E-state index is 14.0. The van der Waals surface area contributed by atoms with Gasteiger partial charge in [0.05, 0.1) is 16.8 Å². The van der Waals surface area contributed by atoms with Crippen molar-refractivity contribution in [3.05, 3.63) is 149 Å². The number of aliphatic hydroxyl groups excluding tert-OH is 1. The highest BCUT2D eigenvalue weighted by molar-refractivity contribution is 7.92. The van der Waals surface area contributed by atoms with E-state index in [2.05, 4.69) is 4.98 Å². The number of fused-ring (bicyclic) bond motifs is 1. The van der Waals surface area contributed by atoms with E-state index in [9.17, 15) is 18.3 Å². The lowest BCUT2D eigenvalue weighted by atomic mass is 9.71. The molecule has 8 heteroatoms. The molecule has 1 unspecified atom stereocenters. The number of para-hydroxylation sites is 1. The van der Waals surface area contributed by atoms with Crippen LogP contribution in [0.5, 0.6) is 0 Å². The summed E-state index contributed by atoms with van der Waals surface area (Å²) in [5, 5.41) is 12.9. The van der Waals surface area contributed by atoms with E-state index in [1.807, 2.05) is 106 Å². The Kier molecular flexibility index (Phi) is 8.40. The molecule has 7 nitrogen and oxygen atoms in total. The molecule has 6 rings (SSSR count). The number of rotatable bonds is 9. The van der Waals surface area contributed by atoms with Crippen molar-refractivity contribution < 1.29 is 23.1 Å². The molecule has 0 spiro atoms. The third-order valence-electron chi connectivity index (χ3n) is 8.78. The van der Waals surface area contributed by atoms with E-state index < -0.39 is 32.9 Å². The number of pyridine rings is 1. The lowest BCUT2D eigenvalue weighted by Crippen LogP contribution is -2.37. The monoisotopic (exact) mass is 646 g/mol. The van der Waals surface area contributed by atoms with Crippen LogP contribution in [0.2, 0.25) is 0 Å². The highest BCUT2D eigenvalue weighted by Crippen LogP contribution is 2.49. The molecule has 0 fully saturated rings. The molecule has 1 aliphatic heterocycles. The number of esters is 1. The van der Waals surface area contributed by atoms with Crippen molar-refractivity contribution in [1.82, 2.24) is 4.98 Å². The molecule has 0 radical (unpaired) electrons. The molecule has 1 atom stereocenters. The van der Waals surface area contributed by atoms with Crippen molar-refractivity contribution >= 4 is 32.6 Å². The second-order valence-electron chi connectivity index (χ2n) is 13.2. The quantitative estimate of drug-likeness (QED) is 0.164. The number of sulfonamides is 1. The number of aliphatic hydroxyl groups is 1. The van der Waals surface area contributed by atoms with Crippen molar-refractivity contribution in [2.24, 2.45) is 5.41 Å². The number of ether oxygens (including phenoxy) is 1. The minimum absolute atomic E-state index is 0.0668. The largest absolute Gasteiger partial charge is 0.507 e. The minimum Gasteiger partial charge on any atom is -0.507 e. The fourth-order valence-corrected chi connectivity index (χ4v) is 7.63. The van der Waals surface area contributed by atoms with E-state index in [0.717, 1.165) is 16.5 Å². The summed E-state index contributed by atoms with van der Waals surface area (Å²) in [5.41, 5.74) is 1.82. The van der Waals surface area contributed by atoms with Crippen molar-refractivity contribution in [2.45, 2.75) is 50.2 Å². The van der Waals surface area contributed by atoms with Crippen molar-refractivity contribution in [3.8, 4) is 0 Å². The SMILES string of the molecule is CN(c1cccc(C(C2=C(O)C(Cc3ccccc3)(Cc3ccccc3)OC2=O)C(C)(C)C)c1)S(=O)(=O)c1ccc2ccccc2n1. The zero-order valence-corrected chi connectivity index (χ0v) is 27.7. The second-order valence-corrected chi connectivity index (χ2v) is 15.1. The average molecular weight is 647 g/mol. The number of carbonyl (C=O) groups is 1. The third-order valence-corrected chi connectivity index (χ3v) is 10.5. The van der Waals surface area contributed by atoms with Crippen LogP contribution in [-0.2, 0) is 32.4 Å². The van der Waals surface area contributed by atoms with Crippen LogP contribution in [0.25, 0.3) is 10.9 Å². The lowest BCUT2D eigenvalue weighted by Gasteiger charge is -2.32. The van der Waals surface area contributed by atoms with Crippen molar-refractivity contribution in [3.63, 3.8) is 0 Å². The Morgan fingerprint density at radius 1 is 0.809 bits per heavy atom. The first-order chi connectivity index (χ1) is 22.4. The third kappa shape index (κ3) is 6.25. The number of nitrogens with zero attached hydrogens (tertiary/aromatic N) is 2.